The first kappa shape index (κ1) is 22.5. The van der Waals surface area contributed by atoms with Crippen molar-refractivity contribution in [3.8, 4) is 5.75 Å². The van der Waals surface area contributed by atoms with Gasteiger partial charge in [-0.15, -0.1) is 11.3 Å². The third-order valence-corrected chi connectivity index (χ3v) is 6.94. The lowest BCUT2D eigenvalue weighted by molar-refractivity contribution is -0.140. The zero-order valence-electron chi connectivity index (χ0n) is 18.4. The summed E-state index contributed by atoms with van der Waals surface area (Å²) in [7, 11) is 1.58. The van der Waals surface area contributed by atoms with E-state index in [4.69, 9.17) is 9.47 Å². The van der Waals surface area contributed by atoms with Gasteiger partial charge in [-0.25, -0.2) is 0 Å². The summed E-state index contributed by atoms with van der Waals surface area (Å²) in [4.78, 5) is 30.9. The molecule has 1 N–H and O–H groups in total. The van der Waals surface area contributed by atoms with Crippen molar-refractivity contribution >= 4 is 28.8 Å². The summed E-state index contributed by atoms with van der Waals surface area (Å²) >= 11 is 1.48. The van der Waals surface area contributed by atoms with Gasteiger partial charge >= 0.3 is 0 Å². The number of carbonyl (C=O) groups excluding carboxylic acids is 2. The minimum atomic E-state index is -0.637. The molecule has 2 fully saturated rings. The minimum absolute atomic E-state index is 0.141. The molecule has 0 spiro atoms. The van der Waals surface area contributed by atoms with E-state index < -0.39 is 17.7 Å². The van der Waals surface area contributed by atoms with Gasteiger partial charge in [0.1, 0.15) is 11.5 Å². The van der Waals surface area contributed by atoms with Crippen LogP contribution in [0.15, 0.2) is 41.3 Å². The number of carbonyl (C=O) groups is 2. The molecule has 8 heteroatoms. The summed E-state index contributed by atoms with van der Waals surface area (Å²) in [5.41, 5.74) is 1.45. The number of benzene rings is 1. The molecule has 2 aromatic rings. The number of hydrogen-bond donors (Lipinski definition) is 1. The second-order valence-corrected chi connectivity index (χ2v) is 8.98. The Morgan fingerprint density at radius 3 is 2.66 bits per heavy atom. The molecule has 1 aromatic carbocycles. The standard InChI is InChI=1S/C24H28N2O5S/c1-16-15-17(30-2)6-7-18(16)22(27)20-21(19-5-3-14-32-19)26(24(29)23(20)28)9-4-8-25-10-12-31-13-11-25/h3,5-7,14-15,21,27H,4,8-13H2,1-2H3/t21-/m0/s1. The summed E-state index contributed by atoms with van der Waals surface area (Å²) < 4.78 is 10.6. The lowest BCUT2D eigenvalue weighted by Gasteiger charge is -2.28. The number of rotatable bonds is 7. The van der Waals surface area contributed by atoms with Gasteiger partial charge < -0.3 is 19.5 Å². The molecule has 7 nitrogen and oxygen atoms in total. The zero-order chi connectivity index (χ0) is 22.7. The van der Waals surface area contributed by atoms with Crippen LogP contribution in [0.4, 0.5) is 0 Å². The fraction of sp³-hybridized carbons (Fsp3) is 0.417. The highest BCUT2D eigenvalue weighted by Crippen LogP contribution is 2.41. The van der Waals surface area contributed by atoms with Gasteiger partial charge in [0.15, 0.2) is 0 Å². The molecule has 4 rings (SSSR count). The number of likely N-dealkylation sites (tertiary alicyclic amines) is 1. The average Bonchev–Trinajstić information content (AvgIpc) is 3.42. The molecule has 0 unspecified atom stereocenters. The molecule has 2 aliphatic heterocycles. The predicted molar refractivity (Wildman–Crippen MR) is 123 cm³/mol. The number of nitrogens with zero attached hydrogens (tertiary/aromatic N) is 2. The maximum absolute atomic E-state index is 13.1. The van der Waals surface area contributed by atoms with Crippen molar-refractivity contribution in [3.05, 3.63) is 57.3 Å². The average molecular weight is 457 g/mol. The van der Waals surface area contributed by atoms with E-state index in [1.54, 1.807) is 30.2 Å². The summed E-state index contributed by atoms with van der Waals surface area (Å²) in [6.45, 7) is 6.33. The van der Waals surface area contributed by atoms with E-state index in [1.807, 2.05) is 24.4 Å². The Labute approximate surface area is 191 Å². The monoisotopic (exact) mass is 456 g/mol. The SMILES string of the molecule is COc1ccc(C(O)=C2C(=O)C(=O)N(CCCN3CCOCC3)[C@H]2c2cccs2)c(C)c1. The number of aliphatic hydroxyl groups excluding tert-OH is 1. The van der Waals surface area contributed by atoms with E-state index in [2.05, 4.69) is 4.90 Å². The van der Waals surface area contributed by atoms with Crippen LogP contribution in [0.2, 0.25) is 0 Å². The molecular formula is C24H28N2O5S. The topological polar surface area (TPSA) is 79.3 Å². The summed E-state index contributed by atoms with van der Waals surface area (Å²) in [6.07, 6.45) is 0.747. The molecule has 3 heterocycles. The van der Waals surface area contributed by atoms with E-state index in [9.17, 15) is 14.7 Å². The highest BCUT2D eigenvalue weighted by atomic mass is 32.1. The molecular weight excluding hydrogens is 428 g/mol. The Bertz CT molecular complexity index is 1010. The molecule has 0 bridgehead atoms. The predicted octanol–water partition coefficient (Wildman–Crippen LogP) is 3.21. The van der Waals surface area contributed by atoms with E-state index in [0.29, 0.717) is 17.9 Å². The zero-order valence-corrected chi connectivity index (χ0v) is 19.2. The van der Waals surface area contributed by atoms with Gasteiger partial charge in [-0.3, -0.25) is 14.5 Å². The van der Waals surface area contributed by atoms with Crippen molar-refractivity contribution < 1.29 is 24.2 Å². The molecule has 1 amide bonds. The quantitative estimate of drug-likeness (QED) is 0.392. The van der Waals surface area contributed by atoms with Gasteiger partial charge in [-0.1, -0.05) is 6.07 Å². The van der Waals surface area contributed by atoms with Gasteiger partial charge in [0.25, 0.3) is 11.7 Å². The number of methoxy groups -OCH3 is 1. The number of ether oxygens (including phenoxy) is 2. The Hall–Kier alpha value is -2.68. The lowest BCUT2D eigenvalue weighted by atomic mass is 9.97. The van der Waals surface area contributed by atoms with Crippen LogP contribution in [0.25, 0.3) is 5.76 Å². The van der Waals surface area contributed by atoms with E-state index in [1.165, 1.54) is 11.3 Å². The van der Waals surface area contributed by atoms with Crippen molar-refractivity contribution in [3.63, 3.8) is 0 Å². The molecule has 32 heavy (non-hydrogen) atoms. The number of ketones is 1. The highest BCUT2D eigenvalue weighted by molar-refractivity contribution is 7.10. The van der Waals surface area contributed by atoms with E-state index in [0.717, 1.165) is 49.7 Å². The fourth-order valence-corrected chi connectivity index (χ4v) is 5.16. The molecule has 1 atom stereocenters. The Balaban J connectivity index is 1.64. The number of hydrogen-bond acceptors (Lipinski definition) is 7. The number of morpholine rings is 1. The van der Waals surface area contributed by atoms with Crippen LogP contribution >= 0.6 is 11.3 Å². The second-order valence-electron chi connectivity index (χ2n) is 8.00. The molecule has 0 saturated carbocycles. The largest absolute Gasteiger partial charge is 0.507 e. The summed E-state index contributed by atoms with van der Waals surface area (Å²) in [5.74, 6) is -0.671. The van der Waals surface area contributed by atoms with Crippen LogP contribution in [0, 0.1) is 6.92 Å². The molecule has 1 aromatic heterocycles. The van der Waals surface area contributed by atoms with Crippen molar-refractivity contribution in [2.45, 2.75) is 19.4 Å². The first-order chi connectivity index (χ1) is 15.5. The number of Topliss-reactive ketones (excluding diaryl/α,β-unsaturated/α-hetero) is 1. The van der Waals surface area contributed by atoms with Crippen LogP contribution in [-0.2, 0) is 14.3 Å². The van der Waals surface area contributed by atoms with Crippen molar-refractivity contribution in [1.82, 2.24) is 9.80 Å². The second kappa shape index (κ2) is 9.85. The molecule has 2 saturated heterocycles. The maximum Gasteiger partial charge on any atom is 0.295 e. The molecule has 170 valence electrons. The molecule has 2 aliphatic rings. The maximum atomic E-state index is 13.1. The normalized spacial score (nSPS) is 21.3. The first-order valence-corrected chi connectivity index (χ1v) is 11.7. The summed E-state index contributed by atoms with van der Waals surface area (Å²) in [6, 6.07) is 8.48. The molecule has 0 radical (unpaired) electrons. The van der Waals surface area contributed by atoms with Crippen LogP contribution in [-0.4, -0.2) is 73.1 Å². The minimum Gasteiger partial charge on any atom is -0.507 e. The highest BCUT2D eigenvalue weighted by Gasteiger charge is 2.46. The van der Waals surface area contributed by atoms with Crippen LogP contribution in [0.1, 0.15) is 28.5 Å². The summed E-state index contributed by atoms with van der Waals surface area (Å²) in [5, 5.41) is 13.1. The number of amides is 1. The lowest BCUT2D eigenvalue weighted by Crippen LogP contribution is -2.38. The van der Waals surface area contributed by atoms with Gasteiger partial charge in [0.05, 0.1) is 31.9 Å². The van der Waals surface area contributed by atoms with E-state index in [-0.39, 0.29) is 11.3 Å². The number of aliphatic hydroxyl groups is 1. The van der Waals surface area contributed by atoms with Gasteiger partial charge in [-0.05, 0) is 48.6 Å². The Morgan fingerprint density at radius 1 is 1.22 bits per heavy atom. The van der Waals surface area contributed by atoms with Crippen LogP contribution in [0.5, 0.6) is 5.75 Å². The number of thiophene rings is 1. The number of aryl methyl sites for hydroxylation is 1. The fourth-order valence-electron chi connectivity index (χ4n) is 4.32. The van der Waals surface area contributed by atoms with E-state index >= 15 is 0 Å². The first-order valence-electron chi connectivity index (χ1n) is 10.8. The van der Waals surface area contributed by atoms with Crippen molar-refractivity contribution in [1.29, 1.82) is 0 Å². The third kappa shape index (κ3) is 4.44. The van der Waals surface area contributed by atoms with Gasteiger partial charge in [0.2, 0.25) is 0 Å². The molecule has 0 aliphatic carbocycles. The van der Waals surface area contributed by atoms with Crippen LogP contribution in [0.3, 0.4) is 0 Å². The Kier molecular flexibility index (Phi) is 6.93. The van der Waals surface area contributed by atoms with Crippen molar-refractivity contribution in [2.24, 2.45) is 0 Å². The third-order valence-electron chi connectivity index (χ3n) is 6.02. The van der Waals surface area contributed by atoms with Gasteiger partial charge in [-0.2, -0.15) is 0 Å². The smallest absolute Gasteiger partial charge is 0.295 e. The van der Waals surface area contributed by atoms with Crippen LogP contribution < -0.4 is 4.74 Å². The Morgan fingerprint density at radius 2 is 2.00 bits per heavy atom. The van der Waals surface area contributed by atoms with Crippen molar-refractivity contribution in [2.75, 3.05) is 46.5 Å². The van der Waals surface area contributed by atoms with Gasteiger partial charge in [0, 0.05) is 36.6 Å².